The van der Waals surface area contributed by atoms with Gasteiger partial charge in [0.05, 0.1) is 26.3 Å². The number of carbonyl (C=O) groups excluding carboxylic acids is 2. The van der Waals surface area contributed by atoms with Gasteiger partial charge in [0.25, 0.3) is 0 Å². The minimum absolute atomic E-state index is 0. The van der Waals surface area contributed by atoms with Gasteiger partial charge in [-0.25, -0.2) is 0 Å². The second-order valence-corrected chi connectivity index (χ2v) is 15.1. The number of rotatable bonds is 5. The Labute approximate surface area is 264 Å². The Bertz CT molecular complexity index is 1050. The van der Waals surface area contributed by atoms with Crippen molar-refractivity contribution in [2.75, 3.05) is 45.9 Å². The van der Waals surface area contributed by atoms with Crippen LogP contribution in [0.3, 0.4) is 0 Å². The van der Waals surface area contributed by atoms with Crippen LogP contribution in [0, 0.1) is 46.8 Å². The number of likely N-dealkylation sites (tertiary alicyclic amines) is 1. The van der Waals surface area contributed by atoms with Crippen molar-refractivity contribution in [3.8, 4) is 12.3 Å². The van der Waals surface area contributed by atoms with Gasteiger partial charge in [0.15, 0.2) is 6.10 Å². The maximum atomic E-state index is 12.5. The van der Waals surface area contributed by atoms with Crippen LogP contribution >= 0.6 is 0 Å². The molecule has 0 radical (unpaired) electrons. The predicted molar refractivity (Wildman–Crippen MR) is 156 cm³/mol. The Morgan fingerprint density at radius 2 is 1.67 bits per heavy atom. The maximum Gasteiger partial charge on any atom is 0.303 e. The molecule has 2 aliphatic heterocycles. The molecule has 6 aliphatic rings. The van der Waals surface area contributed by atoms with Crippen molar-refractivity contribution >= 4 is 11.9 Å². The molecule has 10 atom stereocenters. The van der Waals surface area contributed by atoms with E-state index in [0.29, 0.717) is 29.7 Å². The lowest BCUT2D eigenvalue weighted by Crippen LogP contribution is -3.00. The van der Waals surface area contributed by atoms with Crippen molar-refractivity contribution in [3.63, 3.8) is 0 Å². The predicted octanol–water partition coefficient (Wildman–Crippen LogP) is 1.43. The highest BCUT2D eigenvalue weighted by Gasteiger charge is 2.68. The van der Waals surface area contributed by atoms with E-state index in [1.54, 1.807) is 13.8 Å². The van der Waals surface area contributed by atoms with Gasteiger partial charge in [-0.3, -0.25) is 14.5 Å². The number of terminal acetylenes is 1. The molecule has 0 aromatic heterocycles. The zero-order chi connectivity index (χ0) is 29.0. The first-order chi connectivity index (χ1) is 19.6. The molecule has 0 N–H and O–H groups in total. The Hall–Kier alpha value is -1.14. The summed E-state index contributed by atoms with van der Waals surface area (Å²) in [5.41, 5.74) is 0.222. The van der Waals surface area contributed by atoms with E-state index in [0.717, 1.165) is 76.1 Å². The molecule has 0 bridgehead atoms. The molecule has 236 valence electrons. The molecule has 0 spiro atoms. The highest BCUT2D eigenvalue weighted by atomic mass is 79.9. The van der Waals surface area contributed by atoms with Crippen molar-refractivity contribution < 1.29 is 45.3 Å². The zero-order valence-corrected chi connectivity index (χ0v) is 27.9. The van der Waals surface area contributed by atoms with E-state index in [4.69, 9.17) is 20.6 Å². The monoisotopic (exact) mass is 648 g/mol. The molecule has 0 unspecified atom stereocenters. The molecule has 8 heteroatoms. The summed E-state index contributed by atoms with van der Waals surface area (Å²) in [6, 6.07) is 0.563. The number of hydrogen-bond acceptors (Lipinski definition) is 6. The quantitative estimate of drug-likeness (QED) is 0.255. The van der Waals surface area contributed by atoms with E-state index >= 15 is 0 Å². The molecule has 2 heterocycles. The SMILES string of the molecule is C#CC[N+]1([C@H]2C[C@H]3[C@@H]4CC[C@H]5C[C@H](OC(C)=O)[C@@H](N6CCOCC6)C[C@]5(C)[C@H]4CC[C@]3(C)[C@H]2OC(C)=O)CCCC1.[Br-]. The van der Waals surface area contributed by atoms with Crippen LogP contribution < -0.4 is 17.0 Å². The number of carbonyl (C=O) groups is 2. The first-order valence-corrected chi connectivity index (χ1v) is 16.6. The molecule has 42 heavy (non-hydrogen) atoms. The normalized spacial score (nSPS) is 44.5. The van der Waals surface area contributed by atoms with Gasteiger partial charge >= 0.3 is 11.9 Å². The average Bonchev–Trinajstić information content (AvgIpc) is 3.52. The Kier molecular flexibility index (Phi) is 9.47. The number of nitrogens with zero attached hydrogens (tertiary/aromatic N) is 2. The van der Waals surface area contributed by atoms with Crippen LogP contribution in [0.15, 0.2) is 0 Å². The van der Waals surface area contributed by atoms with Crippen molar-refractivity contribution in [2.24, 2.45) is 34.5 Å². The van der Waals surface area contributed by atoms with Crippen LogP contribution in [-0.2, 0) is 23.8 Å². The third-order valence-electron chi connectivity index (χ3n) is 13.3. The van der Waals surface area contributed by atoms with E-state index in [1.165, 1.54) is 32.1 Å². The molecule has 6 fully saturated rings. The fourth-order valence-electron chi connectivity index (χ4n) is 11.5. The van der Waals surface area contributed by atoms with E-state index in [9.17, 15) is 9.59 Å². The van der Waals surface area contributed by atoms with Crippen LogP contribution in [0.4, 0.5) is 0 Å². The number of quaternary nitrogens is 1. The topological polar surface area (TPSA) is 65.1 Å². The Morgan fingerprint density at radius 3 is 2.31 bits per heavy atom. The molecular weight excluding hydrogens is 596 g/mol. The number of morpholine rings is 1. The largest absolute Gasteiger partial charge is 1.00 e. The highest BCUT2D eigenvalue weighted by molar-refractivity contribution is 5.66. The first-order valence-electron chi connectivity index (χ1n) is 16.6. The summed E-state index contributed by atoms with van der Waals surface area (Å²) < 4.78 is 19.0. The number of esters is 2. The summed E-state index contributed by atoms with van der Waals surface area (Å²) in [5.74, 6) is 5.15. The minimum atomic E-state index is -0.154. The number of hydrogen-bond donors (Lipinski definition) is 0. The van der Waals surface area contributed by atoms with E-state index in [2.05, 4.69) is 24.7 Å². The summed E-state index contributed by atoms with van der Waals surface area (Å²) in [4.78, 5) is 27.3. The van der Waals surface area contributed by atoms with E-state index < -0.39 is 0 Å². The lowest BCUT2D eigenvalue weighted by atomic mass is 9.44. The van der Waals surface area contributed by atoms with Gasteiger partial charge < -0.3 is 35.7 Å². The molecule has 0 amide bonds. The standard InChI is InChI=1S/C34H53N2O5.BrH/c1-6-15-36(16-7-8-17-36)30-21-28-26-10-9-25-20-31(40-23(2)37)29(35-13-18-39-19-14-35)22-34(25,5)27(26)11-12-33(28,4)32(30)41-24(3)38;/h1,25-32H,7-22H2,2-5H3;1H/q+1;/p-1/t25-,26+,27-,28-,29-,30-,31-,32-,33-,34-;/m0./s1. The molecule has 4 aliphatic carbocycles. The lowest BCUT2D eigenvalue weighted by molar-refractivity contribution is -0.936. The van der Waals surface area contributed by atoms with Crippen molar-refractivity contribution in [3.05, 3.63) is 0 Å². The second kappa shape index (κ2) is 12.3. The van der Waals surface area contributed by atoms with Crippen LogP contribution in [0.25, 0.3) is 0 Å². The van der Waals surface area contributed by atoms with Crippen LogP contribution in [0.2, 0.25) is 0 Å². The molecule has 4 saturated carbocycles. The molecular formula is C34H53BrN2O5. The summed E-state index contributed by atoms with van der Waals surface area (Å²) >= 11 is 0. The minimum Gasteiger partial charge on any atom is -1.00 e. The summed E-state index contributed by atoms with van der Waals surface area (Å²) in [6.45, 7) is 14.5. The van der Waals surface area contributed by atoms with Crippen molar-refractivity contribution in [1.82, 2.24) is 4.90 Å². The van der Waals surface area contributed by atoms with Crippen molar-refractivity contribution in [1.29, 1.82) is 0 Å². The van der Waals surface area contributed by atoms with Gasteiger partial charge in [0.2, 0.25) is 0 Å². The highest BCUT2D eigenvalue weighted by Crippen LogP contribution is 2.67. The fourth-order valence-corrected chi connectivity index (χ4v) is 11.5. The second-order valence-electron chi connectivity index (χ2n) is 15.1. The van der Waals surface area contributed by atoms with Gasteiger partial charge in [-0.15, -0.1) is 6.42 Å². The number of halogens is 1. The van der Waals surface area contributed by atoms with E-state index in [-0.39, 0.29) is 58.0 Å². The molecule has 2 saturated heterocycles. The van der Waals surface area contributed by atoms with Crippen LogP contribution in [-0.4, -0.2) is 91.6 Å². The molecule has 7 nitrogen and oxygen atoms in total. The molecule has 0 aromatic carbocycles. The van der Waals surface area contributed by atoms with Gasteiger partial charge in [-0.1, -0.05) is 13.8 Å². The number of fused-ring (bicyclic) bond motifs is 5. The average molecular weight is 650 g/mol. The van der Waals surface area contributed by atoms with Crippen LogP contribution in [0.1, 0.15) is 85.5 Å². The molecule has 0 aromatic rings. The summed E-state index contributed by atoms with van der Waals surface area (Å²) in [5, 5.41) is 0. The number of ether oxygens (including phenoxy) is 3. The summed E-state index contributed by atoms with van der Waals surface area (Å²) in [7, 11) is 0. The van der Waals surface area contributed by atoms with E-state index in [1.807, 2.05) is 0 Å². The first kappa shape index (κ1) is 32.3. The maximum absolute atomic E-state index is 12.5. The van der Waals surface area contributed by atoms with Gasteiger partial charge in [0, 0.05) is 57.7 Å². The van der Waals surface area contributed by atoms with Crippen LogP contribution in [0.5, 0.6) is 0 Å². The zero-order valence-electron chi connectivity index (χ0n) is 26.3. The third kappa shape index (κ3) is 5.37. The van der Waals surface area contributed by atoms with Crippen molar-refractivity contribution in [2.45, 2.75) is 110 Å². The Balaban J connectivity index is 0.00000353. The van der Waals surface area contributed by atoms with Gasteiger partial charge in [-0.2, -0.15) is 0 Å². The Morgan fingerprint density at radius 1 is 0.976 bits per heavy atom. The molecule has 6 rings (SSSR count). The third-order valence-corrected chi connectivity index (χ3v) is 13.3. The van der Waals surface area contributed by atoms with Gasteiger partial charge in [-0.05, 0) is 73.5 Å². The fraction of sp³-hybridized carbons (Fsp3) is 0.882. The lowest BCUT2D eigenvalue weighted by Gasteiger charge is -2.62. The smallest absolute Gasteiger partial charge is 0.303 e. The summed E-state index contributed by atoms with van der Waals surface area (Å²) in [6.07, 6.45) is 16.3. The van der Waals surface area contributed by atoms with Gasteiger partial charge in [0.1, 0.15) is 18.7 Å².